The number of carbonyl (C=O) groups is 1. The number of ether oxygens (including phenoxy) is 3. The van der Waals surface area contributed by atoms with Crippen molar-refractivity contribution in [2.75, 3.05) is 27.4 Å². The van der Waals surface area contributed by atoms with Crippen LogP contribution in [0.2, 0.25) is 0 Å². The molecule has 2 aromatic carbocycles. The monoisotopic (exact) mass is 396 g/mol. The fraction of sp³-hybridized carbons (Fsp3) is 0.435. The lowest BCUT2D eigenvalue weighted by Gasteiger charge is -2.48. The van der Waals surface area contributed by atoms with Crippen molar-refractivity contribution in [3.05, 3.63) is 59.7 Å². The maximum absolute atomic E-state index is 12.9. The van der Waals surface area contributed by atoms with Gasteiger partial charge in [0.05, 0.1) is 32.9 Å². The Morgan fingerprint density at radius 2 is 1.86 bits per heavy atom. The smallest absolute Gasteiger partial charge is 0.253 e. The van der Waals surface area contributed by atoms with Gasteiger partial charge in [0.15, 0.2) is 11.5 Å². The van der Waals surface area contributed by atoms with Crippen LogP contribution in [-0.4, -0.2) is 50.4 Å². The van der Waals surface area contributed by atoms with Gasteiger partial charge in [0, 0.05) is 5.56 Å². The molecule has 3 atom stereocenters. The molecule has 6 heteroatoms. The summed E-state index contributed by atoms with van der Waals surface area (Å²) in [6, 6.07) is 16.1. The molecule has 0 radical (unpaired) electrons. The molecule has 2 heterocycles. The number of nitrogens with zero attached hydrogens (tertiary/aromatic N) is 1. The average Bonchev–Trinajstić information content (AvgIpc) is 2.79. The lowest BCUT2D eigenvalue weighted by molar-refractivity contribution is -0.125. The molecule has 2 fully saturated rings. The maximum Gasteiger partial charge on any atom is 0.253 e. The number of hydrogen-bond acceptors (Lipinski definition) is 5. The van der Waals surface area contributed by atoms with Gasteiger partial charge in [0.2, 0.25) is 0 Å². The van der Waals surface area contributed by atoms with Crippen molar-refractivity contribution in [3.63, 3.8) is 0 Å². The number of hydrogen-bond donors (Lipinski definition) is 1. The minimum Gasteiger partial charge on any atom is -0.493 e. The van der Waals surface area contributed by atoms with Crippen LogP contribution in [-0.2, 0) is 4.74 Å². The lowest BCUT2D eigenvalue weighted by atomic mass is 9.93. The molecule has 2 aromatic rings. The Kier molecular flexibility index (Phi) is 6.02. The fourth-order valence-corrected chi connectivity index (χ4v) is 4.38. The molecule has 0 saturated carbocycles. The molecule has 0 aliphatic carbocycles. The summed E-state index contributed by atoms with van der Waals surface area (Å²) in [6.07, 6.45) is 3.02. The second kappa shape index (κ2) is 8.84. The molecular weight excluding hydrogens is 368 g/mol. The van der Waals surface area contributed by atoms with Gasteiger partial charge in [-0.3, -0.25) is 9.69 Å². The van der Waals surface area contributed by atoms with Crippen LogP contribution in [0.4, 0.5) is 0 Å². The van der Waals surface area contributed by atoms with E-state index in [0.29, 0.717) is 23.7 Å². The number of methoxy groups -OCH3 is 2. The lowest BCUT2D eigenvalue weighted by Crippen LogP contribution is -2.60. The predicted octanol–water partition coefficient (Wildman–Crippen LogP) is 3.39. The number of amides is 1. The van der Waals surface area contributed by atoms with Crippen molar-refractivity contribution in [2.45, 2.75) is 37.6 Å². The van der Waals surface area contributed by atoms with Crippen LogP contribution in [0.3, 0.4) is 0 Å². The van der Waals surface area contributed by atoms with Crippen molar-refractivity contribution in [1.29, 1.82) is 0 Å². The molecule has 154 valence electrons. The van der Waals surface area contributed by atoms with Crippen molar-refractivity contribution >= 4 is 5.91 Å². The highest BCUT2D eigenvalue weighted by molar-refractivity contribution is 5.95. The van der Waals surface area contributed by atoms with E-state index in [9.17, 15) is 4.79 Å². The third-order valence-corrected chi connectivity index (χ3v) is 5.88. The highest BCUT2D eigenvalue weighted by Crippen LogP contribution is 2.35. The van der Waals surface area contributed by atoms with E-state index in [-0.39, 0.29) is 24.2 Å². The van der Waals surface area contributed by atoms with E-state index in [1.807, 2.05) is 6.07 Å². The Hall–Kier alpha value is -2.57. The SMILES string of the molecule is COc1ccc(C(=O)NC2OCC(c3ccccc3)N3CCCCC23)cc1OC. The quantitative estimate of drug-likeness (QED) is 0.840. The maximum atomic E-state index is 12.9. The molecule has 29 heavy (non-hydrogen) atoms. The minimum absolute atomic E-state index is 0.167. The number of morpholine rings is 1. The number of nitrogens with one attached hydrogen (secondary N) is 1. The van der Waals surface area contributed by atoms with Gasteiger partial charge in [0.25, 0.3) is 5.91 Å². The van der Waals surface area contributed by atoms with Gasteiger partial charge in [-0.15, -0.1) is 0 Å². The van der Waals surface area contributed by atoms with Crippen LogP contribution < -0.4 is 14.8 Å². The first-order valence-electron chi connectivity index (χ1n) is 10.2. The van der Waals surface area contributed by atoms with E-state index in [0.717, 1.165) is 19.4 Å². The summed E-state index contributed by atoms with van der Waals surface area (Å²) < 4.78 is 16.8. The van der Waals surface area contributed by atoms with Crippen molar-refractivity contribution in [1.82, 2.24) is 10.2 Å². The number of fused-ring (bicyclic) bond motifs is 1. The Labute approximate surface area is 171 Å². The van der Waals surface area contributed by atoms with E-state index < -0.39 is 0 Å². The molecule has 1 amide bonds. The topological polar surface area (TPSA) is 60.0 Å². The van der Waals surface area contributed by atoms with Gasteiger partial charge in [-0.25, -0.2) is 0 Å². The summed E-state index contributed by atoms with van der Waals surface area (Å²) in [6.45, 7) is 1.59. The molecule has 2 aliphatic rings. The van der Waals surface area contributed by atoms with Gasteiger partial charge in [-0.2, -0.15) is 0 Å². The Morgan fingerprint density at radius 1 is 1.07 bits per heavy atom. The summed E-state index contributed by atoms with van der Waals surface area (Å²) in [5, 5.41) is 3.10. The zero-order valence-electron chi connectivity index (χ0n) is 17.0. The number of rotatable bonds is 5. The van der Waals surface area contributed by atoms with Crippen molar-refractivity contribution in [3.8, 4) is 11.5 Å². The summed E-state index contributed by atoms with van der Waals surface area (Å²) in [7, 11) is 3.14. The van der Waals surface area contributed by atoms with E-state index in [4.69, 9.17) is 14.2 Å². The van der Waals surface area contributed by atoms with Crippen molar-refractivity contribution < 1.29 is 19.0 Å². The zero-order valence-corrected chi connectivity index (χ0v) is 17.0. The second-order valence-corrected chi connectivity index (χ2v) is 7.52. The van der Waals surface area contributed by atoms with E-state index in [1.54, 1.807) is 32.4 Å². The molecule has 0 spiro atoms. The van der Waals surface area contributed by atoms with Crippen LogP contribution in [0.15, 0.2) is 48.5 Å². The summed E-state index contributed by atoms with van der Waals surface area (Å²) in [5.41, 5.74) is 1.79. The van der Waals surface area contributed by atoms with Crippen molar-refractivity contribution in [2.24, 2.45) is 0 Å². The Balaban J connectivity index is 1.50. The largest absolute Gasteiger partial charge is 0.493 e. The standard InChI is InChI=1S/C23H28N2O4/c1-27-20-12-11-17(14-21(20)28-2)22(26)24-23-18-10-6-7-13-25(18)19(15-29-23)16-8-4-3-5-9-16/h3-5,8-9,11-12,14,18-19,23H,6-7,10,13,15H2,1-2H3,(H,24,26). The van der Waals surface area contributed by atoms with Crippen LogP contribution in [0.5, 0.6) is 11.5 Å². The molecular formula is C23H28N2O4. The number of carbonyl (C=O) groups excluding carboxylic acids is 1. The third-order valence-electron chi connectivity index (χ3n) is 5.88. The van der Waals surface area contributed by atoms with E-state index in [1.165, 1.54) is 12.0 Å². The Morgan fingerprint density at radius 3 is 2.62 bits per heavy atom. The normalized spacial score (nSPS) is 24.4. The molecule has 2 saturated heterocycles. The minimum atomic E-state index is -0.323. The van der Waals surface area contributed by atoms with Gasteiger partial charge in [0.1, 0.15) is 6.23 Å². The highest BCUT2D eigenvalue weighted by atomic mass is 16.5. The van der Waals surface area contributed by atoms with Crippen LogP contribution in [0.1, 0.15) is 41.2 Å². The van der Waals surface area contributed by atoms with Gasteiger partial charge in [-0.05, 0) is 43.1 Å². The third kappa shape index (κ3) is 4.09. The van der Waals surface area contributed by atoms with Gasteiger partial charge < -0.3 is 19.5 Å². The van der Waals surface area contributed by atoms with E-state index >= 15 is 0 Å². The van der Waals surface area contributed by atoms with Gasteiger partial charge in [-0.1, -0.05) is 36.8 Å². The van der Waals surface area contributed by atoms with Crippen LogP contribution >= 0.6 is 0 Å². The molecule has 4 rings (SSSR count). The predicted molar refractivity (Wildman–Crippen MR) is 110 cm³/mol. The first-order valence-corrected chi connectivity index (χ1v) is 10.2. The molecule has 3 unspecified atom stereocenters. The molecule has 6 nitrogen and oxygen atoms in total. The molecule has 0 bridgehead atoms. The van der Waals surface area contributed by atoms with Crippen LogP contribution in [0.25, 0.3) is 0 Å². The van der Waals surface area contributed by atoms with E-state index in [2.05, 4.69) is 34.5 Å². The summed E-state index contributed by atoms with van der Waals surface area (Å²) in [5.74, 6) is 0.968. The summed E-state index contributed by atoms with van der Waals surface area (Å²) >= 11 is 0. The number of piperidine rings is 1. The summed E-state index contributed by atoms with van der Waals surface area (Å²) in [4.78, 5) is 15.4. The molecule has 0 aromatic heterocycles. The molecule has 2 aliphatic heterocycles. The van der Waals surface area contributed by atoms with Crippen LogP contribution in [0, 0.1) is 0 Å². The highest BCUT2D eigenvalue weighted by Gasteiger charge is 2.40. The fourth-order valence-electron chi connectivity index (χ4n) is 4.38. The molecule has 1 N–H and O–H groups in total. The van der Waals surface area contributed by atoms with Gasteiger partial charge >= 0.3 is 0 Å². The number of benzene rings is 2. The zero-order chi connectivity index (χ0) is 20.2. The first kappa shape index (κ1) is 19.7. The first-order chi connectivity index (χ1) is 14.2. The second-order valence-electron chi connectivity index (χ2n) is 7.52. The average molecular weight is 396 g/mol. The Bertz CT molecular complexity index is 842.